The van der Waals surface area contributed by atoms with E-state index < -0.39 is 9.68 Å². The van der Waals surface area contributed by atoms with Crippen LogP contribution in [0.1, 0.15) is 18.1 Å². The zero-order valence-electron chi connectivity index (χ0n) is 16.8. The maximum atomic E-state index is 12.6. The first-order valence-electron chi connectivity index (χ1n) is 9.93. The fourth-order valence-electron chi connectivity index (χ4n) is 3.65. The molecule has 1 N–H and O–H groups in total. The van der Waals surface area contributed by atoms with Gasteiger partial charge >= 0.3 is 0 Å². The highest BCUT2D eigenvalue weighted by Crippen LogP contribution is 2.57. The van der Waals surface area contributed by atoms with Crippen LogP contribution < -0.4 is 0 Å². The predicted octanol–water partition coefficient (Wildman–Crippen LogP) is 7.22. The van der Waals surface area contributed by atoms with E-state index in [0.717, 1.165) is 20.9 Å². The Hall–Kier alpha value is -2.46. The molecule has 150 valence electrons. The molecule has 0 bridgehead atoms. The first-order valence-corrected chi connectivity index (χ1v) is 11.6. The SMILES string of the molecule is CC(Sc1ccccc1)(Sc1ccccc1)C(O)(c1ccccc1)c1ccccc1. The molecule has 0 atom stereocenters. The van der Waals surface area contributed by atoms with Crippen LogP contribution in [-0.2, 0) is 5.60 Å². The van der Waals surface area contributed by atoms with Crippen molar-refractivity contribution in [3.63, 3.8) is 0 Å². The van der Waals surface area contributed by atoms with Gasteiger partial charge in [-0.25, -0.2) is 0 Å². The highest BCUT2D eigenvalue weighted by Gasteiger charge is 2.51. The fraction of sp³-hybridized carbons (Fsp3) is 0.111. The Morgan fingerprint density at radius 1 is 0.500 bits per heavy atom. The number of aliphatic hydroxyl groups is 1. The van der Waals surface area contributed by atoms with Crippen LogP contribution >= 0.6 is 23.5 Å². The molecule has 0 aliphatic carbocycles. The van der Waals surface area contributed by atoms with Crippen molar-refractivity contribution in [1.29, 1.82) is 0 Å². The average Bonchev–Trinajstić information content (AvgIpc) is 2.81. The summed E-state index contributed by atoms with van der Waals surface area (Å²) in [6.07, 6.45) is 0. The summed E-state index contributed by atoms with van der Waals surface area (Å²) < 4.78 is -0.640. The molecule has 0 aliphatic rings. The predicted molar refractivity (Wildman–Crippen MR) is 129 cm³/mol. The highest BCUT2D eigenvalue weighted by molar-refractivity contribution is 8.18. The van der Waals surface area contributed by atoms with E-state index in [1.165, 1.54) is 0 Å². The summed E-state index contributed by atoms with van der Waals surface area (Å²) in [6, 6.07) is 40.6. The quantitative estimate of drug-likeness (QED) is 0.248. The maximum Gasteiger partial charge on any atom is 0.139 e. The minimum absolute atomic E-state index is 0.640. The van der Waals surface area contributed by atoms with Crippen LogP contribution in [0.5, 0.6) is 0 Å². The van der Waals surface area contributed by atoms with Crippen molar-refractivity contribution in [2.45, 2.75) is 26.4 Å². The molecular formula is C27H24OS2. The number of hydrogen-bond acceptors (Lipinski definition) is 3. The van der Waals surface area contributed by atoms with Gasteiger partial charge in [-0.05, 0) is 42.3 Å². The largest absolute Gasteiger partial charge is 0.378 e. The second-order valence-electron chi connectivity index (χ2n) is 7.22. The first kappa shape index (κ1) is 20.8. The molecule has 0 amide bonds. The number of rotatable bonds is 7. The lowest BCUT2D eigenvalue weighted by Gasteiger charge is -2.45. The normalized spacial score (nSPS) is 11.9. The molecule has 4 aromatic carbocycles. The monoisotopic (exact) mass is 428 g/mol. The lowest BCUT2D eigenvalue weighted by Crippen LogP contribution is -2.46. The number of thioether (sulfide) groups is 2. The molecule has 0 aromatic heterocycles. The standard InChI is InChI=1S/C27H24OS2/c1-26(29-24-18-10-4-11-19-24,30-25-20-12-5-13-21-25)27(28,22-14-6-2-7-15-22)23-16-8-3-9-17-23/h2-21,28H,1H3. The summed E-state index contributed by atoms with van der Waals surface area (Å²) in [7, 11) is 0. The summed E-state index contributed by atoms with van der Waals surface area (Å²) >= 11 is 3.39. The van der Waals surface area contributed by atoms with Crippen molar-refractivity contribution in [2.75, 3.05) is 0 Å². The summed E-state index contributed by atoms with van der Waals surface area (Å²) in [5.41, 5.74) is 0.535. The molecule has 1 nitrogen and oxygen atoms in total. The van der Waals surface area contributed by atoms with E-state index in [1.807, 2.05) is 97.1 Å². The summed E-state index contributed by atoms with van der Waals surface area (Å²) in [5, 5.41) is 12.6. The van der Waals surface area contributed by atoms with Gasteiger partial charge in [-0.15, -0.1) is 23.5 Å². The van der Waals surface area contributed by atoms with Gasteiger partial charge in [-0.3, -0.25) is 0 Å². The molecule has 0 saturated heterocycles. The van der Waals surface area contributed by atoms with Gasteiger partial charge in [0.2, 0.25) is 0 Å². The average molecular weight is 429 g/mol. The van der Waals surface area contributed by atoms with Crippen LogP contribution in [0.25, 0.3) is 0 Å². The Morgan fingerprint density at radius 2 is 0.800 bits per heavy atom. The van der Waals surface area contributed by atoms with Crippen molar-refractivity contribution >= 4 is 23.5 Å². The van der Waals surface area contributed by atoms with Crippen LogP contribution in [0.2, 0.25) is 0 Å². The Morgan fingerprint density at radius 3 is 1.13 bits per heavy atom. The van der Waals surface area contributed by atoms with Crippen LogP contribution in [0.4, 0.5) is 0 Å². The Balaban J connectivity index is 1.91. The van der Waals surface area contributed by atoms with Crippen molar-refractivity contribution in [3.8, 4) is 0 Å². The molecule has 0 unspecified atom stereocenters. The van der Waals surface area contributed by atoms with Crippen LogP contribution in [0.15, 0.2) is 131 Å². The van der Waals surface area contributed by atoms with Crippen LogP contribution in [0, 0.1) is 0 Å². The molecule has 0 aliphatic heterocycles. The zero-order valence-corrected chi connectivity index (χ0v) is 18.4. The van der Waals surface area contributed by atoms with Gasteiger partial charge in [-0.1, -0.05) is 97.1 Å². The third-order valence-corrected chi connectivity index (χ3v) is 8.04. The zero-order chi connectivity index (χ0) is 20.9. The van der Waals surface area contributed by atoms with E-state index in [-0.39, 0.29) is 0 Å². The second-order valence-corrected chi connectivity index (χ2v) is 10.5. The summed E-state index contributed by atoms with van der Waals surface area (Å²) in [4.78, 5) is 2.24. The summed E-state index contributed by atoms with van der Waals surface area (Å²) in [6.45, 7) is 2.14. The molecule has 4 aromatic rings. The molecule has 3 heteroatoms. The minimum Gasteiger partial charge on any atom is -0.378 e. The third kappa shape index (κ3) is 4.20. The van der Waals surface area contributed by atoms with Crippen molar-refractivity contribution in [3.05, 3.63) is 132 Å². The van der Waals surface area contributed by atoms with Gasteiger partial charge in [0.15, 0.2) is 0 Å². The van der Waals surface area contributed by atoms with Crippen molar-refractivity contribution < 1.29 is 5.11 Å². The van der Waals surface area contributed by atoms with Crippen molar-refractivity contribution in [2.24, 2.45) is 0 Å². The van der Waals surface area contributed by atoms with Gasteiger partial charge in [0.05, 0.1) is 0 Å². The highest BCUT2D eigenvalue weighted by atomic mass is 32.2. The van der Waals surface area contributed by atoms with Crippen LogP contribution in [-0.4, -0.2) is 9.19 Å². The van der Waals surface area contributed by atoms with Gasteiger partial charge in [0.1, 0.15) is 9.68 Å². The first-order chi connectivity index (χ1) is 14.6. The fourth-order valence-corrected chi connectivity index (χ4v) is 6.64. The Kier molecular flexibility index (Phi) is 6.33. The number of hydrogen-bond donors (Lipinski definition) is 1. The molecule has 0 radical (unpaired) electrons. The minimum atomic E-state index is -1.23. The molecule has 0 spiro atoms. The summed E-state index contributed by atoms with van der Waals surface area (Å²) in [5.74, 6) is 0. The van der Waals surface area contributed by atoms with E-state index in [0.29, 0.717) is 0 Å². The van der Waals surface area contributed by atoms with Gasteiger partial charge < -0.3 is 5.11 Å². The molecule has 0 heterocycles. The van der Waals surface area contributed by atoms with E-state index in [4.69, 9.17) is 0 Å². The maximum absolute atomic E-state index is 12.6. The smallest absolute Gasteiger partial charge is 0.139 e. The van der Waals surface area contributed by atoms with Crippen molar-refractivity contribution in [1.82, 2.24) is 0 Å². The third-order valence-electron chi connectivity index (χ3n) is 5.15. The molecule has 0 fully saturated rings. The lowest BCUT2D eigenvalue weighted by molar-refractivity contribution is 0.0723. The van der Waals surface area contributed by atoms with Gasteiger partial charge in [0.25, 0.3) is 0 Å². The Labute approximate surface area is 187 Å². The van der Waals surface area contributed by atoms with E-state index >= 15 is 0 Å². The van der Waals surface area contributed by atoms with Gasteiger partial charge in [-0.2, -0.15) is 0 Å². The molecule has 4 rings (SSSR count). The van der Waals surface area contributed by atoms with Gasteiger partial charge in [0, 0.05) is 9.79 Å². The lowest BCUT2D eigenvalue weighted by atomic mass is 9.83. The molecular weight excluding hydrogens is 404 g/mol. The van der Waals surface area contributed by atoms with E-state index in [9.17, 15) is 5.11 Å². The van der Waals surface area contributed by atoms with E-state index in [2.05, 4.69) is 31.2 Å². The molecule has 0 saturated carbocycles. The number of benzene rings is 4. The molecule has 30 heavy (non-hydrogen) atoms. The van der Waals surface area contributed by atoms with Crippen LogP contribution in [0.3, 0.4) is 0 Å². The van der Waals surface area contributed by atoms with E-state index in [1.54, 1.807) is 23.5 Å². The topological polar surface area (TPSA) is 20.2 Å². The Bertz CT molecular complexity index is 970. The second kappa shape index (κ2) is 9.13.